The third-order valence-electron chi connectivity index (χ3n) is 1.76. The molecule has 62 valence electrons. The van der Waals surface area contributed by atoms with Crippen LogP contribution in [0.1, 0.15) is 6.42 Å². The summed E-state index contributed by atoms with van der Waals surface area (Å²) in [5.41, 5.74) is 0. The monoisotopic (exact) mass is 226 g/mol. The van der Waals surface area contributed by atoms with Gasteiger partial charge in [0.25, 0.3) is 0 Å². The SMILES string of the molecule is O=C1CCN=C2C=CC(Br)=CN12. The largest absolute Gasteiger partial charge is 0.274 e. The summed E-state index contributed by atoms with van der Waals surface area (Å²) in [7, 11) is 0. The fourth-order valence-electron chi connectivity index (χ4n) is 1.18. The molecule has 0 spiro atoms. The van der Waals surface area contributed by atoms with Crippen LogP contribution in [0.25, 0.3) is 0 Å². The molecule has 2 aliphatic heterocycles. The minimum absolute atomic E-state index is 0.112. The highest BCUT2D eigenvalue weighted by molar-refractivity contribution is 9.11. The first-order valence-electron chi connectivity index (χ1n) is 3.69. The predicted molar refractivity (Wildman–Crippen MR) is 49.9 cm³/mol. The Morgan fingerprint density at radius 3 is 3.17 bits per heavy atom. The van der Waals surface area contributed by atoms with Crippen LogP contribution in [0.5, 0.6) is 0 Å². The van der Waals surface area contributed by atoms with Crippen molar-refractivity contribution in [3.63, 3.8) is 0 Å². The summed E-state index contributed by atoms with van der Waals surface area (Å²) in [6.45, 7) is 0.612. The fourth-order valence-corrected chi connectivity index (χ4v) is 1.52. The third-order valence-corrected chi connectivity index (χ3v) is 2.23. The molecule has 0 unspecified atom stereocenters. The van der Waals surface area contributed by atoms with Gasteiger partial charge in [0.05, 0.1) is 6.54 Å². The molecule has 0 radical (unpaired) electrons. The molecule has 0 aliphatic carbocycles. The number of halogens is 1. The lowest BCUT2D eigenvalue weighted by Crippen LogP contribution is -2.36. The van der Waals surface area contributed by atoms with Gasteiger partial charge in [-0.1, -0.05) is 0 Å². The number of nitrogens with zero attached hydrogens (tertiary/aromatic N) is 2. The van der Waals surface area contributed by atoms with E-state index in [2.05, 4.69) is 20.9 Å². The Labute approximate surface area is 78.6 Å². The molecule has 4 heteroatoms. The molecule has 0 atom stereocenters. The van der Waals surface area contributed by atoms with E-state index < -0.39 is 0 Å². The topological polar surface area (TPSA) is 32.7 Å². The van der Waals surface area contributed by atoms with Crippen LogP contribution in [0.2, 0.25) is 0 Å². The summed E-state index contributed by atoms with van der Waals surface area (Å²) in [5, 5.41) is 0. The van der Waals surface area contributed by atoms with Gasteiger partial charge in [-0.05, 0) is 28.1 Å². The van der Waals surface area contributed by atoms with E-state index in [1.807, 2.05) is 12.2 Å². The maximum absolute atomic E-state index is 11.3. The van der Waals surface area contributed by atoms with E-state index in [9.17, 15) is 4.79 Å². The number of rotatable bonds is 0. The van der Waals surface area contributed by atoms with Crippen LogP contribution < -0.4 is 0 Å². The highest BCUT2D eigenvalue weighted by Gasteiger charge is 2.21. The summed E-state index contributed by atoms with van der Waals surface area (Å²) < 4.78 is 0.900. The number of aliphatic imine (C=N–C) groups is 1. The number of allylic oxidation sites excluding steroid dienone is 2. The third kappa shape index (κ3) is 1.22. The van der Waals surface area contributed by atoms with E-state index >= 15 is 0 Å². The van der Waals surface area contributed by atoms with Crippen molar-refractivity contribution >= 4 is 27.7 Å². The molecule has 0 aromatic rings. The van der Waals surface area contributed by atoms with Gasteiger partial charge in [-0.3, -0.25) is 14.7 Å². The molecular formula is C8H7BrN2O. The Bertz CT molecular complexity index is 317. The van der Waals surface area contributed by atoms with Gasteiger partial charge in [-0.15, -0.1) is 0 Å². The highest BCUT2D eigenvalue weighted by Crippen LogP contribution is 2.18. The van der Waals surface area contributed by atoms with E-state index in [-0.39, 0.29) is 5.91 Å². The van der Waals surface area contributed by atoms with Crippen molar-refractivity contribution in [1.82, 2.24) is 4.90 Å². The van der Waals surface area contributed by atoms with E-state index in [0.29, 0.717) is 13.0 Å². The van der Waals surface area contributed by atoms with E-state index in [4.69, 9.17) is 0 Å². The Hall–Kier alpha value is -0.900. The average Bonchev–Trinajstić information content (AvgIpc) is 2.07. The molecule has 0 aromatic carbocycles. The average molecular weight is 227 g/mol. The molecule has 0 N–H and O–H groups in total. The second-order valence-corrected chi connectivity index (χ2v) is 3.52. The van der Waals surface area contributed by atoms with Crippen molar-refractivity contribution in [3.05, 3.63) is 22.8 Å². The van der Waals surface area contributed by atoms with E-state index in [0.717, 1.165) is 10.3 Å². The number of hydrogen-bond acceptors (Lipinski definition) is 2. The maximum Gasteiger partial charge on any atom is 0.234 e. The molecule has 2 rings (SSSR count). The van der Waals surface area contributed by atoms with Crippen molar-refractivity contribution < 1.29 is 4.79 Å². The normalized spacial score (nSPS) is 21.8. The first-order chi connectivity index (χ1) is 5.77. The lowest BCUT2D eigenvalue weighted by Gasteiger charge is -2.24. The van der Waals surface area contributed by atoms with Crippen molar-refractivity contribution in [2.45, 2.75) is 6.42 Å². The lowest BCUT2D eigenvalue weighted by molar-refractivity contribution is -0.125. The first-order valence-corrected chi connectivity index (χ1v) is 4.48. The molecule has 0 bridgehead atoms. The Morgan fingerprint density at radius 2 is 2.33 bits per heavy atom. The molecule has 2 aliphatic rings. The summed E-state index contributed by atoms with van der Waals surface area (Å²) in [5.74, 6) is 0.857. The van der Waals surface area contributed by atoms with Gasteiger partial charge >= 0.3 is 0 Å². The Kier molecular flexibility index (Phi) is 1.84. The lowest BCUT2D eigenvalue weighted by atomic mass is 10.2. The van der Waals surface area contributed by atoms with Crippen LogP contribution in [-0.4, -0.2) is 23.2 Å². The van der Waals surface area contributed by atoms with Crippen molar-refractivity contribution in [1.29, 1.82) is 0 Å². The number of fused-ring (bicyclic) bond motifs is 1. The maximum atomic E-state index is 11.3. The Balaban J connectivity index is 2.38. The number of hydrogen-bond donors (Lipinski definition) is 0. The molecule has 3 nitrogen and oxygen atoms in total. The first kappa shape index (κ1) is 7.73. The standard InChI is InChI=1S/C8H7BrN2O/c9-6-1-2-7-10-4-3-8(12)11(7)5-6/h1-2,5H,3-4H2. The summed E-state index contributed by atoms with van der Waals surface area (Å²) in [6, 6.07) is 0. The van der Waals surface area contributed by atoms with Gasteiger partial charge in [-0.2, -0.15) is 0 Å². The van der Waals surface area contributed by atoms with Crippen LogP contribution in [0, 0.1) is 0 Å². The highest BCUT2D eigenvalue weighted by atomic mass is 79.9. The zero-order valence-electron chi connectivity index (χ0n) is 6.33. The molecule has 2 heterocycles. The number of carbonyl (C=O) groups is 1. The molecule has 0 fully saturated rings. The number of amides is 1. The molecular weight excluding hydrogens is 220 g/mol. The zero-order chi connectivity index (χ0) is 8.55. The van der Waals surface area contributed by atoms with Crippen LogP contribution in [0.3, 0.4) is 0 Å². The zero-order valence-corrected chi connectivity index (χ0v) is 7.91. The van der Waals surface area contributed by atoms with Gasteiger partial charge in [-0.25, -0.2) is 0 Å². The van der Waals surface area contributed by atoms with Gasteiger partial charge in [0.2, 0.25) is 5.91 Å². The predicted octanol–water partition coefficient (Wildman–Crippen LogP) is 1.42. The Morgan fingerprint density at radius 1 is 1.50 bits per heavy atom. The second-order valence-electron chi connectivity index (χ2n) is 2.60. The van der Waals surface area contributed by atoms with Gasteiger partial charge in [0, 0.05) is 17.1 Å². The molecule has 1 amide bonds. The van der Waals surface area contributed by atoms with Crippen LogP contribution in [0.15, 0.2) is 27.8 Å². The van der Waals surface area contributed by atoms with E-state index in [1.54, 1.807) is 11.1 Å². The van der Waals surface area contributed by atoms with Gasteiger partial charge < -0.3 is 0 Å². The quantitative estimate of drug-likeness (QED) is 0.616. The smallest absolute Gasteiger partial charge is 0.234 e. The molecule has 12 heavy (non-hydrogen) atoms. The summed E-state index contributed by atoms with van der Waals surface area (Å²) in [4.78, 5) is 17.1. The van der Waals surface area contributed by atoms with E-state index in [1.165, 1.54) is 0 Å². The number of amidine groups is 1. The van der Waals surface area contributed by atoms with Crippen LogP contribution in [0.4, 0.5) is 0 Å². The minimum Gasteiger partial charge on any atom is -0.274 e. The molecule has 0 aromatic heterocycles. The molecule has 0 saturated carbocycles. The summed E-state index contributed by atoms with van der Waals surface area (Å²) >= 11 is 3.30. The van der Waals surface area contributed by atoms with Crippen molar-refractivity contribution in [2.75, 3.05) is 6.54 Å². The fraction of sp³-hybridized carbons (Fsp3) is 0.250. The van der Waals surface area contributed by atoms with Crippen LogP contribution >= 0.6 is 15.9 Å². The van der Waals surface area contributed by atoms with Crippen molar-refractivity contribution in [2.24, 2.45) is 4.99 Å². The van der Waals surface area contributed by atoms with Gasteiger partial charge in [0.15, 0.2) is 0 Å². The van der Waals surface area contributed by atoms with Crippen molar-refractivity contribution in [3.8, 4) is 0 Å². The summed E-state index contributed by atoms with van der Waals surface area (Å²) in [6.07, 6.45) is 5.98. The van der Waals surface area contributed by atoms with Crippen LogP contribution in [-0.2, 0) is 4.79 Å². The molecule has 0 saturated heterocycles. The second kappa shape index (κ2) is 2.86. The minimum atomic E-state index is 0.112. The van der Waals surface area contributed by atoms with Gasteiger partial charge in [0.1, 0.15) is 5.84 Å². The number of carbonyl (C=O) groups excluding carboxylic acids is 1.